The normalized spacial score (nSPS) is 10.9. The summed E-state index contributed by atoms with van der Waals surface area (Å²) in [7, 11) is 0. The van der Waals surface area contributed by atoms with E-state index in [2.05, 4.69) is 43.0 Å². The number of hydrogen-bond acceptors (Lipinski definition) is 4. The fraction of sp³-hybridized carbons (Fsp3) is 0.567. The van der Waals surface area contributed by atoms with Gasteiger partial charge in [0.25, 0.3) is 0 Å². The minimum atomic E-state index is -0.168. The standard InChI is InChI=1S/C30H45NO2S/c1-4-7-9-11-13-24-31(25-14-12-10-8-5-2)26-16-20-28(21-17-26)34-29-22-18-27(19-23-29)33-30(32)15-6-3/h16-23H,4-15,24-25H2,1-3H3. The average Bonchev–Trinajstić information content (AvgIpc) is 2.84. The van der Waals surface area contributed by atoms with E-state index >= 15 is 0 Å². The third-order valence-electron chi connectivity index (χ3n) is 6.01. The third-order valence-corrected chi connectivity index (χ3v) is 7.03. The van der Waals surface area contributed by atoms with Gasteiger partial charge in [0.1, 0.15) is 5.75 Å². The lowest BCUT2D eigenvalue weighted by atomic mass is 10.1. The van der Waals surface area contributed by atoms with Crippen LogP contribution in [-0.4, -0.2) is 19.1 Å². The maximum atomic E-state index is 11.7. The molecule has 3 nitrogen and oxygen atoms in total. The van der Waals surface area contributed by atoms with E-state index in [9.17, 15) is 4.79 Å². The fourth-order valence-electron chi connectivity index (χ4n) is 4.01. The van der Waals surface area contributed by atoms with Gasteiger partial charge in [-0.1, -0.05) is 83.9 Å². The number of anilines is 1. The first-order valence-corrected chi connectivity index (χ1v) is 14.3. The van der Waals surface area contributed by atoms with Crippen LogP contribution in [0.3, 0.4) is 0 Å². The molecule has 0 saturated heterocycles. The van der Waals surface area contributed by atoms with Crippen LogP contribution < -0.4 is 9.64 Å². The highest BCUT2D eigenvalue weighted by atomic mass is 32.2. The number of rotatable bonds is 18. The topological polar surface area (TPSA) is 29.5 Å². The Morgan fingerprint density at radius 3 is 1.68 bits per heavy atom. The largest absolute Gasteiger partial charge is 0.427 e. The highest BCUT2D eigenvalue weighted by Crippen LogP contribution is 2.31. The lowest BCUT2D eigenvalue weighted by molar-refractivity contribution is -0.134. The zero-order chi connectivity index (χ0) is 24.4. The molecule has 0 bridgehead atoms. The van der Waals surface area contributed by atoms with Crippen molar-refractivity contribution in [1.82, 2.24) is 0 Å². The molecule has 0 saturated carbocycles. The molecule has 0 radical (unpaired) electrons. The van der Waals surface area contributed by atoms with Gasteiger partial charge < -0.3 is 9.64 Å². The van der Waals surface area contributed by atoms with Crippen molar-refractivity contribution in [1.29, 1.82) is 0 Å². The SMILES string of the molecule is CCCCCCCN(CCCCCCC)c1ccc(Sc2ccc(OC(=O)CCC)cc2)cc1. The smallest absolute Gasteiger partial charge is 0.311 e. The van der Waals surface area contributed by atoms with Crippen molar-refractivity contribution in [2.45, 2.75) is 108 Å². The lowest BCUT2D eigenvalue weighted by Gasteiger charge is -2.25. The van der Waals surface area contributed by atoms with Crippen LogP contribution in [0.2, 0.25) is 0 Å². The second-order valence-electron chi connectivity index (χ2n) is 9.11. The Bertz CT molecular complexity index is 774. The summed E-state index contributed by atoms with van der Waals surface area (Å²) < 4.78 is 5.36. The summed E-state index contributed by atoms with van der Waals surface area (Å²) in [6, 6.07) is 16.8. The van der Waals surface area contributed by atoms with Crippen LogP contribution in [0.1, 0.15) is 97.8 Å². The van der Waals surface area contributed by atoms with Crippen LogP contribution >= 0.6 is 11.8 Å². The molecule has 188 valence electrons. The molecule has 34 heavy (non-hydrogen) atoms. The van der Waals surface area contributed by atoms with E-state index < -0.39 is 0 Å². The number of carbonyl (C=O) groups is 1. The third kappa shape index (κ3) is 11.5. The van der Waals surface area contributed by atoms with Gasteiger partial charge in [0, 0.05) is 35.0 Å². The summed E-state index contributed by atoms with van der Waals surface area (Å²) in [6.45, 7) is 8.84. The molecule has 0 fully saturated rings. The van der Waals surface area contributed by atoms with Crippen molar-refractivity contribution in [3.8, 4) is 5.75 Å². The van der Waals surface area contributed by atoms with Gasteiger partial charge in [-0.05, 0) is 67.8 Å². The molecule has 0 atom stereocenters. The molecule has 0 aliphatic heterocycles. The van der Waals surface area contributed by atoms with Crippen molar-refractivity contribution in [3.05, 3.63) is 48.5 Å². The number of nitrogens with zero attached hydrogens (tertiary/aromatic N) is 1. The van der Waals surface area contributed by atoms with Crippen molar-refractivity contribution in [2.24, 2.45) is 0 Å². The molecular formula is C30H45NO2S. The summed E-state index contributed by atoms with van der Waals surface area (Å²) in [5.74, 6) is 0.449. The van der Waals surface area contributed by atoms with Crippen LogP contribution in [0.25, 0.3) is 0 Å². The number of carbonyl (C=O) groups excluding carboxylic acids is 1. The molecule has 0 unspecified atom stereocenters. The van der Waals surface area contributed by atoms with Crippen LogP contribution in [0.15, 0.2) is 58.3 Å². The molecule has 0 N–H and O–H groups in total. The molecule has 0 aliphatic rings. The summed E-state index contributed by atoms with van der Waals surface area (Å²) in [5, 5.41) is 0. The first kappa shape index (κ1) is 28.3. The fourth-order valence-corrected chi connectivity index (χ4v) is 4.82. The number of esters is 1. The van der Waals surface area contributed by atoms with E-state index in [0.717, 1.165) is 24.4 Å². The van der Waals surface area contributed by atoms with Crippen LogP contribution in [0.5, 0.6) is 5.75 Å². The van der Waals surface area contributed by atoms with Gasteiger partial charge >= 0.3 is 5.97 Å². The van der Waals surface area contributed by atoms with E-state index in [-0.39, 0.29) is 5.97 Å². The van der Waals surface area contributed by atoms with Crippen LogP contribution in [-0.2, 0) is 4.79 Å². The average molecular weight is 484 g/mol. The first-order chi connectivity index (χ1) is 16.7. The van der Waals surface area contributed by atoms with Crippen molar-refractivity contribution in [3.63, 3.8) is 0 Å². The Morgan fingerprint density at radius 2 is 1.18 bits per heavy atom. The Balaban J connectivity index is 1.91. The van der Waals surface area contributed by atoms with E-state index in [1.165, 1.54) is 74.8 Å². The number of benzene rings is 2. The van der Waals surface area contributed by atoms with Crippen LogP contribution in [0, 0.1) is 0 Å². The minimum absolute atomic E-state index is 0.168. The van der Waals surface area contributed by atoms with Crippen molar-refractivity contribution in [2.75, 3.05) is 18.0 Å². The predicted octanol–water partition coefficient (Wildman–Crippen LogP) is 9.29. The van der Waals surface area contributed by atoms with Gasteiger partial charge in [0.15, 0.2) is 0 Å². The van der Waals surface area contributed by atoms with E-state index in [0.29, 0.717) is 12.2 Å². The summed E-state index contributed by atoms with van der Waals surface area (Å²) in [6.07, 6.45) is 14.5. The highest BCUT2D eigenvalue weighted by Gasteiger charge is 2.08. The zero-order valence-electron chi connectivity index (χ0n) is 21.7. The predicted molar refractivity (Wildman–Crippen MR) is 147 cm³/mol. The number of ether oxygens (including phenoxy) is 1. The highest BCUT2D eigenvalue weighted by molar-refractivity contribution is 7.99. The molecule has 0 aliphatic carbocycles. The maximum absolute atomic E-state index is 11.7. The van der Waals surface area contributed by atoms with Gasteiger partial charge in [-0.3, -0.25) is 4.79 Å². The minimum Gasteiger partial charge on any atom is -0.427 e. The second-order valence-corrected chi connectivity index (χ2v) is 10.3. The number of unbranched alkanes of at least 4 members (excludes halogenated alkanes) is 8. The molecular weight excluding hydrogens is 438 g/mol. The zero-order valence-corrected chi connectivity index (χ0v) is 22.5. The van der Waals surface area contributed by atoms with E-state index in [1.807, 2.05) is 31.2 Å². The van der Waals surface area contributed by atoms with Crippen LogP contribution in [0.4, 0.5) is 5.69 Å². The van der Waals surface area contributed by atoms with Crippen molar-refractivity contribution >= 4 is 23.4 Å². The van der Waals surface area contributed by atoms with Crippen molar-refractivity contribution < 1.29 is 9.53 Å². The van der Waals surface area contributed by atoms with E-state index in [1.54, 1.807) is 11.8 Å². The molecule has 0 aromatic heterocycles. The van der Waals surface area contributed by atoms with Gasteiger partial charge in [-0.2, -0.15) is 0 Å². The lowest BCUT2D eigenvalue weighted by Crippen LogP contribution is -2.25. The summed E-state index contributed by atoms with van der Waals surface area (Å²) in [4.78, 5) is 16.6. The molecule has 0 amide bonds. The number of hydrogen-bond donors (Lipinski definition) is 0. The Labute approximate surface area is 212 Å². The van der Waals surface area contributed by atoms with Gasteiger partial charge in [-0.25, -0.2) is 0 Å². The second kappa shape index (κ2) is 17.5. The Morgan fingerprint density at radius 1 is 0.676 bits per heavy atom. The molecule has 0 heterocycles. The molecule has 2 aromatic carbocycles. The molecule has 2 rings (SSSR count). The van der Waals surface area contributed by atoms with Gasteiger partial charge in [0.05, 0.1) is 0 Å². The molecule has 2 aromatic rings. The summed E-state index contributed by atoms with van der Waals surface area (Å²) >= 11 is 1.74. The van der Waals surface area contributed by atoms with Gasteiger partial charge in [-0.15, -0.1) is 0 Å². The van der Waals surface area contributed by atoms with E-state index in [4.69, 9.17) is 4.74 Å². The molecule has 4 heteroatoms. The Hall–Kier alpha value is -1.94. The summed E-state index contributed by atoms with van der Waals surface area (Å²) in [5.41, 5.74) is 1.34. The first-order valence-electron chi connectivity index (χ1n) is 13.5. The molecule has 0 spiro atoms. The van der Waals surface area contributed by atoms with Gasteiger partial charge in [0.2, 0.25) is 0 Å². The Kier molecular flexibility index (Phi) is 14.6. The monoisotopic (exact) mass is 483 g/mol. The maximum Gasteiger partial charge on any atom is 0.311 e. The quantitative estimate of drug-likeness (QED) is 0.120.